The van der Waals surface area contributed by atoms with Crippen molar-refractivity contribution in [1.82, 2.24) is 0 Å². The molecule has 1 aliphatic carbocycles. The number of allylic oxidation sites excluding steroid dienone is 4. The summed E-state index contributed by atoms with van der Waals surface area (Å²) in [6.07, 6.45) is 9.62. The summed E-state index contributed by atoms with van der Waals surface area (Å²) in [6.45, 7) is 11.5. The zero-order valence-electron chi connectivity index (χ0n) is 10.3. The average molecular weight is 192 g/mol. The molecule has 0 bridgehead atoms. The number of hydrogen-bond acceptors (Lipinski definition) is 0. The summed E-state index contributed by atoms with van der Waals surface area (Å²) in [5.74, 6) is 1.50. The van der Waals surface area contributed by atoms with Gasteiger partial charge in [-0.2, -0.15) is 0 Å². The Morgan fingerprint density at radius 3 is 2.29 bits per heavy atom. The third-order valence-electron chi connectivity index (χ3n) is 3.45. The molecular formula is C14H24. The zero-order valence-corrected chi connectivity index (χ0v) is 10.3. The van der Waals surface area contributed by atoms with Gasteiger partial charge in [0, 0.05) is 0 Å². The molecule has 0 aliphatic heterocycles. The summed E-state index contributed by atoms with van der Waals surface area (Å²) in [5.41, 5.74) is 1.92. The van der Waals surface area contributed by atoms with E-state index in [2.05, 4.69) is 52.8 Å². The topological polar surface area (TPSA) is 0 Å². The average Bonchev–Trinajstić information content (AvgIpc) is 2.08. The molecule has 80 valence electrons. The van der Waals surface area contributed by atoms with E-state index in [1.54, 1.807) is 0 Å². The minimum atomic E-state index is 0.389. The van der Waals surface area contributed by atoms with Gasteiger partial charge in [0.2, 0.25) is 0 Å². The molecule has 1 aliphatic rings. The highest BCUT2D eigenvalue weighted by Crippen LogP contribution is 2.37. The Labute approximate surface area is 89.1 Å². The second-order valence-corrected chi connectivity index (χ2v) is 5.57. The molecule has 0 N–H and O–H groups in total. The van der Waals surface area contributed by atoms with Crippen LogP contribution < -0.4 is 0 Å². The van der Waals surface area contributed by atoms with E-state index in [0.29, 0.717) is 5.41 Å². The van der Waals surface area contributed by atoms with Crippen molar-refractivity contribution in [1.29, 1.82) is 0 Å². The van der Waals surface area contributed by atoms with Crippen LogP contribution in [0.2, 0.25) is 0 Å². The van der Waals surface area contributed by atoms with Crippen LogP contribution in [0.3, 0.4) is 0 Å². The summed E-state index contributed by atoms with van der Waals surface area (Å²) in [6, 6.07) is 0. The lowest BCUT2D eigenvalue weighted by molar-refractivity contribution is 0.297. The highest BCUT2D eigenvalue weighted by atomic mass is 14.3. The molecule has 14 heavy (non-hydrogen) atoms. The van der Waals surface area contributed by atoms with Crippen LogP contribution in [0.5, 0.6) is 0 Å². The van der Waals surface area contributed by atoms with Crippen molar-refractivity contribution in [2.45, 2.75) is 47.5 Å². The maximum absolute atomic E-state index is 2.43. The minimum absolute atomic E-state index is 0.389. The van der Waals surface area contributed by atoms with Gasteiger partial charge in [-0.15, -0.1) is 0 Å². The maximum Gasteiger partial charge on any atom is -0.00857 e. The monoisotopic (exact) mass is 192 g/mol. The van der Waals surface area contributed by atoms with Crippen LogP contribution in [-0.4, -0.2) is 0 Å². The van der Waals surface area contributed by atoms with Gasteiger partial charge in [0.15, 0.2) is 0 Å². The lowest BCUT2D eigenvalue weighted by Crippen LogP contribution is -2.21. The van der Waals surface area contributed by atoms with Crippen molar-refractivity contribution in [3.8, 4) is 0 Å². The molecule has 0 saturated heterocycles. The lowest BCUT2D eigenvalue weighted by Gasteiger charge is -2.32. The van der Waals surface area contributed by atoms with Gasteiger partial charge in [-0.25, -0.2) is 0 Å². The van der Waals surface area contributed by atoms with E-state index in [4.69, 9.17) is 0 Å². The minimum Gasteiger partial charge on any atom is -0.0805 e. The van der Waals surface area contributed by atoms with Crippen LogP contribution in [0, 0.1) is 17.3 Å². The van der Waals surface area contributed by atoms with E-state index >= 15 is 0 Å². The van der Waals surface area contributed by atoms with Crippen LogP contribution in [-0.2, 0) is 0 Å². The zero-order chi connectivity index (χ0) is 10.8. The summed E-state index contributed by atoms with van der Waals surface area (Å²) < 4.78 is 0. The van der Waals surface area contributed by atoms with Crippen molar-refractivity contribution in [2.24, 2.45) is 17.3 Å². The Kier molecular flexibility index (Phi) is 3.58. The van der Waals surface area contributed by atoms with Gasteiger partial charge in [0.05, 0.1) is 0 Å². The molecule has 0 fully saturated rings. The molecule has 0 heterocycles. The van der Waals surface area contributed by atoms with Crippen LogP contribution in [0.25, 0.3) is 0 Å². The molecule has 0 aromatic rings. The molecule has 0 amide bonds. The molecule has 1 rings (SSSR count). The van der Waals surface area contributed by atoms with Gasteiger partial charge in [-0.3, -0.25) is 0 Å². The first-order chi connectivity index (χ1) is 6.44. The van der Waals surface area contributed by atoms with Gasteiger partial charge < -0.3 is 0 Å². The molecule has 0 heteroatoms. The van der Waals surface area contributed by atoms with Gasteiger partial charge in [0.1, 0.15) is 0 Å². The Morgan fingerprint density at radius 2 is 1.93 bits per heavy atom. The fourth-order valence-electron chi connectivity index (χ4n) is 1.84. The van der Waals surface area contributed by atoms with Crippen molar-refractivity contribution in [3.05, 3.63) is 23.8 Å². The summed E-state index contributed by atoms with van der Waals surface area (Å²) in [7, 11) is 0. The third-order valence-corrected chi connectivity index (χ3v) is 3.45. The Morgan fingerprint density at radius 1 is 1.29 bits per heavy atom. The molecule has 0 radical (unpaired) electrons. The Bertz CT molecular complexity index is 243. The molecule has 0 aromatic heterocycles. The van der Waals surface area contributed by atoms with E-state index < -0.39 is 0 Å². The van der Waals surface area contributed by atoms with Crippen molar-refractivity contribution in [2.75, 3.05) is 0 Å². The first-order valence-electron chi connectivity index (χ1n) is 5.82. The van der Waals surface area contributed by atoms with Crippen LogP contribution in [0.1, 0.15) is 47.5 Å². The fraction of sp³-hybridized carbons (Fsp3) is 0.714. The number of hydrogen-bond donors (Lipinski definition) is 0. The summed E-state index contributed by atoms with van der Waals surface area (Å²) in [5, 5.41) is 0. The van der Waals surface area contributed by atoms with Crippen LogP contribution in [0.15, 0.2) is 23.8 Å². The quantitative estimate of drug-likeness (QED) is 0.614. The lowest BCUT2D eigenvalue weighted by atomic mass is 9.73. The van der Waals surface area contributed by atoms with Crippen molar-refractivity contribution >= 4 is 0 Å². The van der Waals surface area contributed by atoms with E-state index in [0.717, 1.165) is 11.8 Å². The van der Waals surface area contributed by atoms with E-state index in [1.165, 1.54) is 18.4 Å². The van der Waals surface area contributed by atoms with E-state index in [1.807, 2.05) is 0 Å². The van der Waals surface area contributed by atoms with Crippen molar-refractivity contribution in [3.63, 3.8) is 0 Å². The predicted molar refractivity (Wildman–Crippen MR) is 64.2 cm³/mol. The normalized spacial score (nSPS) is 27.2. The number of rotatable bonds is 3. The molecule has 1 unspecified atom stereocenters. The summed E-state index contributed by atoms with van der Waals surface area (Å²) in [4.78, 5) is 0. The van der Waals surface area contributed by atoms with Gasteiger partial charge in [-0.05, 0) is 30.1 Å². The third kappa shape index (κ3) is 2.73. The smallest absolute Gasteiger partial charge is 0.00857 e. The first kappa shape index (κ1) is 11.6. The highest BCUT2D eigenvalue weighted by molar-refractivity contribution is 5.26. The summed E-state index contributed by atoms with van der Waals surface area (Å²) >= 11 is 0. The van der Waals surface area contributed by atoms with Gasteiger partial charge in [0.25, 0.3) is 0 Å². The molecule has 0 saturated carbocycles. The standard InChI is InChI=1S/C14H24/c1-11(2)10-13-6-8-14(5,9-7-13)12(3)4/h6-8,11-12H,9-10H2,1-5H3. The largest absolute Gasteiger partial charge is 0.0805 e. The molecule has 0 nitrogen and oxygen atoms in total. The fourth-order valence-corrected chi connectivity index (χ4v) is 1.84. The van der Waals surface area contributed by atoms with E-state index in [9.17, 15) is 0 Å². The predicted octanol–water partition coefficient (Wildman–Crippen LogP) is 4.58. The molecule has 0 aromatic carbocycles. The van der Waals surface area contributed by atoms with Crippen LogP contribution in [0.4, 0.5) is 0 Å². The molecular weight excluding hydrogens is 168 g/mol. The molecule has 0 spiro atoms. The Hall–Kier alpha value is -0.520. The van der Waals surface area contributed by atoms with Crippen LogP contribution >= 0.6 is 0 Å². The molecule has 1 atom stereocenters. The second-order valence-electron chi connectivity index (χ2n) is 5.57. The maximum atomic E-state index is 2.43. The highest BCUT2D eigenvalue weighted by Gasteiger charge is 2.26. The van der Waals surface area contributed by atoms with Gasteiger partial charge in [-0.1, -0.05) is 58.4 Å². The van der Waals surface area contributed by atoms with Gasteiger partial charge >= 0.3 is 0 Å². The SMILES string of the molecule is CC(C)CC1=CCC(C)(C(C)C)C=C1. The Balaban J connectivity index is 2.61. The second kappa shape index (κ2) is 4.33. The van der Waals surface area contributed by atoms with E-state index in [-0.39, 0.29) is 0 Å². The van der Waals surface area contributed by atoms with Crippen molar-refractivity contribution < 1.29 is 0 Å². The first-order valence-corrected chi connectivity index (χ1v) is 5.82.